The van der Waals surface area contributed by atoms with E-state index in [-0.39, 0.29) is 17.1 Å². The van der Waals surface area contributed by atoms with Gasteiger partial charge in [-0.25, -0.2) is 0 Å². The van der Waals surface area contributed by atoms with Crippen molar-refractivity contribution < 1.29 is 9.90 Å². The van der Waals surface area contributed by atoms with Crippen LogP contribution in [0.2, 0.25) is 0 Å². The minimum absolute atomic E-state index is 0.0823. The summed E-state index contributed by atoms with van der Waals surface area (Å²) < 4.78 is 0. The molecule has 2 heteroatoms. The van der Waals surface area contributed by atoms with Crippen molar-refractivity contribution >= 4 is 5.78 Å². The number of hydrogen-bond acceptors (Lipinski definition) is 2. The Kier molecular flexibility index (Phi) is 2.68. The second kappa shape index (κ2) is 4.04. The van der Waals surface area contributed by atoms with Crippen molar-refractivity contribution in [3.05, 3.63) is 46.5 Å². The van der Waals surface area contributed by atoms with Crippen LogP contribution in [-0.4, -0.2) is 10.9 Å². The van der Waals surface area contributed by atoms with Gasteiger partial charge in [0.15, 0.2) is 5.78 Å². The van der Waals surface area contributed by atoms with Crippen LogP contribution in [0.15, 0.2) is 35.4 Å². The highest BCUT2D eigenvalue weighted by atomic mass is 16.3. The topological polar surface area (TPSA) is 37.3 Å². The standard InChI is InChI=1S/C17H20O2/c1-10-8-14-15(18)12-6-4-5-7-13(12)16(19)17(14,3)9-11(10)2/h4-7,14,16,19H,8-9H2,1-3H3/t14-,16+,17-/m0/s1. The van der Waals surface area contributed by atoms with Crippen LogP contribution in [-0.2, 0) is 0 Å². The van der Waals surface area contributed by atoms with Gasteiger partial charge in [-0.3, -0.25) is 4.79 Å². The Morgan fingerprint density at radius 2 is 1.89 bits per heavy atom. The van der Waals surface area contributed by atoms with Crippen molar-refractivity contribution in [3.8, 4) is 0 Å². The van der Waals surface area contributed by atoms with Crippen LogP contribution in [0.25, 0.3) is 0 Å². The molecule has 2 aliphatic rings. The van der Waals surface area contributed by atoms with Gasteiger partial charge >= 0.3 is 0 Å². The Bertz CT molecular complexity index is 585. The van der Waals surface area contributed by atoms with Crippen molar-refractivity contribution in [1.82, 2.24) is 0 Å². The van der Waals surface area contributed by atoms with Gasteiger partial charge in [0.25, 0.3) is 0 Å². The molecule has 0 spiro atoms. The summed E-state index contributed by atoms with van der Waals surface area (Å²) in [5, 5.41) is 10.8. The summed E-state index contributed by atoms with van der Waals surface area (Å²) in [5.74, 6) is 0.122. The third-order valence-electron chi connectivity index (χ3n) is 5.14. The number of aliphatic hydroxyl groups excluding tert-OH is 1. The summed E-state index contributed by atoms with van der Waals surface area (Å²) in [6.07, 6.45) is 1.05. The highest BCUT2D eigenvalue weighted by Gasteiger charge is 2.51. The van der Waals surface area contributed by atoms with Gasteiger partial charge in [-0.1, -0.05) is 42.3 Å². The number of rotatable bonds is 0. The summed E-state index contributed by atoms with van der Waals surface area (Å²) >= 11 is 0. The number of aliphatic hydroxyl groups is 1. The van der Waals surface area contributed by atoms with E-state index >= 15 is 0 Å². The molecule has 0 heterocycles. The zero-order chi connectivity index (χ0) is 13.8. The molecule has 0 unspecified atom stereocenters. The normalized spacial score (nSPS) is 34.0. The van der Waals surface area contributed by atoms with E-state index in [0.29, 0.717) is 5.56 Å². The SMILES string of the molecule is CC1=C(C)C[C@]2(C)[C@H](O)c3ccccc3C(=O)[C@@H]2C1. The van der Waals surface area contributed by atoms with Gasteiger partial charge in [-0.2, -0.15) is 0 Å². The minimum atomic E-state index is -0.547. The first kappa shape index (κ1) is 12.6. The van der Waals surface area contributed by atoms with E-state index in [0.717, 1.165) is 18.4 Å². The highest BCUT2D eigenvalue weighted by Crippen LogP contribution is 2.55. The van der Waals surface area contributed by atoms with E-state index in [1.165, 1.54) is 11.1 Å². The monoisotopic (exact) mass is 256 g/mol. The summed E-state index contributed by atoms with van der Waals surface area (Å²) in [6, 6.07) is 7.51. The third-order valence-corrected chi connectivity index (χ3v) is 5.14. The molecule has 0 aromatic heterocycles. The quantitative estimate of drug-likeness (QED) is 0.719. The van der Waals surface area contributed by atoms with E-state index < -0.39 is 6.10 Å². The van der Waals surface area contributed by atoms with E-state index in [9.17, 15) is 9.90 Å². The first-order chi connectivity index (χ1) is 8.95. The molecular formula is C17H20O2. The van der Waals surface area contributed by atoms with Crippen LogP contribution in [0.1, 0.15) is 55.6 Å². The number of carbonyl (C=O) groups is 1. The van der Waals surface area contributed by atoms with Crippen LogP contribution in [0.3, 0.4) is 0 Å². The Labute approximate surface area is 114 Å². The summed E-state index contributed by atoms with van der Waals surface area (Å²) in [5.41, 5.74) is 3.80. The van der Waals surface area contributed by atoms with Gasteiger partial charge in [0.1, 0.15) is 0 Å². The fourth-order valence-corrected chi connectivity index (χ4v) is 3.74. The van der Waals surface area contributed by atoms with Gasteiger partial charge < -0.3 is 5.11 Å². The molecule has 0 fully saturated rings. The van der Waals surface area contributed by atoms with Crippen molar-refractivity contribution in [2.45, 2.75) is 39.7 Å². The molecule has 0 bridgehead atoms. The lowest BCUT2D eigenvalue weighted by atomic mass is 9.56. The molecule has 3 atom stereocenters. The molecule has 0 radical (unpaired) electrons. The van der Waals surface area contributed by atoms with Gasteiger partial charge in [-0.05, 0) is 32.3 Å². The predicted octanol–water partition coefficient (Wildman–Crippen LogP) is 3.67. The fourth-order valence-electron chi connectivity index (χ4n) is 3.74. The molecular weight excluding hydrogens is 236 g/mol. The Balaban J connectivity index is 2.17. The van der Waals surface area contributed by atoms with Crippen LogP contribution < -0.4 is 0 Å². The molecule has 0 saturated carbocycles. The Hall–Kier alpha value is -1.41. The second-order valence-electron chi connectivity index (χ2n) is 6.35. The van der Waals surface area contributed by atoms with Gasteiger partial charge in [-0.15, -0.1) is 0 Å². The minimum Gasteiger partial charge on any atom is -0.388 e. The predicted molar refractivity (Wildman–Crippen MR) is 74.9 cm³/mol. The van der Waals surface area contributed by atoms with Crippen LogP contribution >= 0.6 is 0 Å². The molecule has 0 aliphatic heterocycles. The largest absolute Gasteiger partial charge is 0.388 e. The number of ketones is 1. The molecule has 1 aromatic rings. The van der Waals surface area contributed by atoms with Gasteiger partial charge in [0.05, 0.1) is 6.10 Å². The molecule has 2 aliphatic carbocycles. The number of allylic oxidation sites excluding steroid dienone is 2. The van der Waals surface area contributed by atoms with Crippen molar-refractivity contribution in [2.24, 2.45) is 11.3 Å². The van der Waals surface area contributed by atoms with Crippen molar-refractivity contribution in [3.63, 3.8) is 0 Å². The van der Waals surface area contributed by atoms with Crippen LogP contribution in [0.5, 0.6) is 0 Å². The number of Topliss-reactive ketones (excluding diaryl/α,β-unsaturated/α-hetero) is 1. The fraction of sp³-hybridized carbons (Fsp3) is 0.471. The molecule has 100 valence electrons. The Morgan fingerprint density at radius 1 is 1.21 bits per heavy atom. The molecule has 2 nitrogen and oxygen atoms in total. The number of carbonyl (C=O) groups excluding carboxylic acids is 1. The molecule has 1 N–H and O–H groups in total. The molecule has 19 heavy (non-hydrogen) atoms. The maximum atomic E-state index is 12.7. The molecule has 3 rings (SSSR count). The average Bonchev–Trinajstić information content (AvgIpc) is 2.40. The average molecular weight is 256 g/mol. The third kappa shape index (κ3) is 1.63. The maximum Gasteiger partial charge on any atom is 0.167 e. The lowest BCUT2D eigenvalue weighted by Crippen LogP contribution is -2.45. The van der Waals surface area contributed by atoms with Crippen LogP contribution in [0, 0.1) is 11.3 Å². The molecule has 0 amide bonds. The first-order valence-electron chi connectivity index (χ1n) is 6.91. The number of hydrogen-bond donors (Lipinski definition) is 1. The Morgan fingerprint density at radius 3 is 2.63 bits per heavy atom. The van der Waals surface area contributed by atoms with E-state index in [1.54, 1.807) is 0 Å². The highest BCUT2D eigenvalue weighted by molar-refractivity contribution is 6.01. The maximum absolute atomic E-state index is 12.7. The second-order valence-corrected chi connectivity index (χ2v) is 6.35. The summed E-state index contributed by atoms with van der Waals surface area (Å²) in [4.78, 5) is 12.7. The number of benzene rings is 1. The first-order valence-corrected chi connectivity index (χ1v) is 6.91. The van der Waals surface area contributed by atoms with Crippen LogP contribution in [0.4, 0.5) is 0 Å². The molecule has 1 aromatic carbocycles. The lowest BCUT2D eigenvalue weighted by Gasteiger charge is -2.48. The summed E-state index contributed by atoms with van der Waals surface area (Å²) in [7, 11) is 0. The smallest absolute Gasteiger partial charge is 0.167 e. The lowest BCUT2D eigenvalue weighted by molar-refractivity contribution is -0.0170. The van der Waals surface area contributed by atoms with Crippen molar-refractivity contribution in [2.75, 3.05) is 0 Å². The number of fused-ring (bicyclic) bond motifs is 2. The van der Waals surface area contributed by atoms with E-state index in [4.69, 9.17) is 0 Å². The van der Waals surface area contributed by atoms with E-state index in [2.05, 4.69) is 20.8 Å². The zero-order valence-corrected chi connectivity index (χ0v) is 11.7. The van der Waals surface area contributed by atoms with Crippen molar-refractivity contribution in [1.29, 1.82) is 0 Å². The van der Waals surface area contributed by atoms with Gasteiger partial charge in [0, 0.05) is 16.9 Å². The summed E-state index contributed by atoms with van der Waals surface area (Å²) in [6.45, 7) is 6.29. The zero-order valence-electron chi connectivity index (χ0n) is 11.7. The van der Waals surface area contributed by atoms with Gasteiger partial charge in [0.2, 0.25) is 0 Å². The molecule has 0 saturated heterocycles. The van der Waals surface area contributed by atoms with E-state index in [1.807, 2.05) is 24.3 Å².